The Kier molecular flexibility index (Phi) is 3.45. The molecule has 0 fully saturated rings. The van der Waals surface area contributed by atoms with Gasteiger partial charge in [-0.1, -0.05) is 42.5 Å². The molecule has 0 atom stereocenters. The van der Waals surface area contributed by atoms with Crippen molar-refractivity contribution in [3.8, 4) is 22.4 Å². The molecule has 1 aliphatic carbocycles. The van der Waals surface area contributed by atoms with E-state index in [1.54, 1.807) is 18.2 Å². The minimum absolute atomic E-state index is 0.310. The topological polar surface area (TPSA) is 42.1 Å². The molecule has 0 amide bonds. The summed E-state index contributed by atoms with van der Waals surface area (Å²) in [6, 6.07) is 14.6. The number of nitrogens with one attached hydrogen (secondary N) is 1. The molecule has 2 aromatic carbocycles. The Labute approximate surface area is 139 Å². The van der Waals surface area contributed by atoms with Crippen molar-refractivity contribution in [1.29, 1.82) is 0 Å². The third-order valence-electron chi connectivity index (χ3n) is 4.57. The van der Waals surface area contributed by atoms with Gasteiger partial charge in [0, 0.05) is 16.7 Å². The summed E-state index contributed by atoms with van der Waals surface area (Å²) in [7, 11) is 1.33. The Hall–Kier alpha value is -2.88. The zero-order valence-electron chi connectivity index (χ0n) is 13.2. The lowest BCUT2D eigenvalue weighted by Crippen LogP contribution is -2.05. The number of methoxy groups -OCH3 is 1. The molecule has 0 aliphatic heterocycles. The second-order valence-electron chi connectivity index (χ2n) is 5.86. The van der Waals surface area contributed by atoms with Crippen molar-refractivity contribution >= 4 is 5.97 Å². The van der Waals surface area contributed by atoms with Crippen LogP contribution in [0.5, 0.6) is 0 Å². The second kappa shape index (κ2) is 5.64. The number of carbonyl (C=O) groups is 1. The van der Waals surface area contributed by atoms with Crippen LogP contribution in [0.4, 0.5) is 4.39 Å². The van der Waals surface area contributed by atoms with Crippen molar-refractivity contribution < 1.29 is 13.9 Å². The molecule has 0 radical (unpaired) electrons. The van der Waals surface area contributed by atoms with Gasteiger partial charge in [0.15, 0.2) is 0 Å². The van der Waals surface area contributed by atoms with Gasteiger partial charge in [0.25, 0.3) is 0 Å². The molecule has 0 spiro atoms. The predicted octanol–water partition coefficient (Wildman–Crippen LogP) is 4.37. The van der Waals surface area contributed by atoms with Gasteiger partial charge in [-0.2, -0.15) is 0 Å². The Morgan fingerprint density at radius 1 is 1.04 bits per heavy atom. The van der Waals surface area contributed by atoms with Crippen LogP contribution in [-0.4, -0.2) is 18.1 Å². The van der Waals surface area contributed by atoms with Crippen LogP contribution in [-0.2, 0) is 17.6 Å². The number of ether oxygens (including phenoxy) is 1. The van der Waals surface area contributed by atoms with Crippen LogP contribution >= 0.6 is 0 Å². The van der Waals surface area contributed by atoms with Gasteiger partial charge in [-0.25, -0.2) is 9.18 Å². The summed E-state index contributed by atoms with van der Waals surface area (Å²) in [6.45, 7) is 0. The highest BCUT2D eigenvalue weighted by Gasteiger charge is 2.28. The number of esters is 1. The van der Waals surface area contributed by atoms with Gasteiger partial charge in [0.2, 0.25) is 0 Å². The number of rotatable bonds is 2. The van der Waals surface area contributed by atoms with Crippen LogP contribution in [0, 0.1) is 5.82 Å². The van der Waals surface area contributed by atoms with Gasteiger partial charge in [-0.05, 0) is 30.0 Å². The van der Waals surface area contributed by atoms with E-state index >= 15 is 0 Å². The van der Waals surface area contributed by atoms with Crippen LogP contribution in [0.1, 0.15) is 21.6 Å². The molecule has 4 heteroatoms. The molecule has 0 unspecified atom stereocenters. The van der Waals surface area contributed by atoms with Gasteiger partial charge in [-0.3, -0.25) is 0 Å². The maximum atomic E-state index is 14.4. The van der Waals surface area contributed by atoms with Crippen LogP contribution < -0.4 is 0 Å². The Morgan fingerprint density at radius 3 is 2.50 bits per heavy atom. The molecule has 1 N–H and O–H groups in total. The van der Waals surface area contributed by atoms with Crippen molar-refractivity contribution in [2.75, 3.05) is 7.11 Å². The van der Waals surface area contributed by atoms with Crippen LogP contribution in [0.2, 0.25) is 0 Å². The molecule has 24 heavy (non-hydrogen) atoms. The summed E-state index contributed by atoms with van der Waals surface area (Å²) in [5.41, 5.74) is 5.49. The molecule has 0 bridgehead atoms. The fourth-order valence-electron chi connectivity index (χ4n) is 3.48. The highest BCUT2D eigenvalue weighted by atomic mass is 19.1. The van der Waals surface area contributed by atoms with E-state index in [0.29, 0.717) is 16.8 Å². The molecular weight excluding hydrogens is 305 g/mol. The number of carbonyl (C=O) groups excluding carboxylic acids is 1. The second-order valence-corrected chi connectivity index (χ2v) is 5.86. The molecule has 4 rings (SSSR count). The minimum Gasteiger partial charge on any atom is -0.464 e. The van der Waals surface area contributed by atoms with Gasteiger partial charge in [0.05, 0.1) is 12.8 Å². The molecular formula is C20H16FNO2. The quantitative estimate of drug-likeness (QED) is 0.712. The Bertz CT molecular complexity index is 943. The first-order valence-corrected chi connectivity index (χ1v) is 7.87. The number of aryl methyl sites for hydroxylation is 1. The first-order valence-electron chi connectivity index (χ1n) is 7.87. The van der Waals surface area contributed by atoms with Crippen molar-refractivity contribution in [3.05, 3.63) is 71.2 Å². The number of aromatic nitrogens is 1. The number of benzene rings is 2. The van der Waals surface area contributed by atoms with Gasteiger partial charge in [0.1, 0.15) is 11.5 Å². The summed E-state index contributed by atoms with van der Waals surface area (Å²) in [5, 5.41) is 0. The Morgan fingerprint density at radius 2 is 1.75 bits per heavy atom. The van der Waals surface area contributed by atoms with Gasteiger partial charge in [-0.15, -0.1) is 0 Å². The number of halogens is 1. The molecule has 1 aromatic heterocycles. The van der Waals surface area contributed by atoms with Crippen molar-refractivity contribution in [3.63, 3.8) is 0 Å². The summed E-state index contributed by atoms with van der Waals surface area (Å²) in [6.07, 6.45) is 1.62. The van der Waals surface area contributed by atoms with E-state index in [2.05, 4.69) is 11.1 Å². The third-order valence-corrected chi connectivity index (χ3v) is 4.57. The normalized spacial score (nSPS) is 12.4. The summed E-state index contributed by atoms with van der Waals surface area (Å²) in [5.74, 6) is -0.830. The monoisotopic (exact) mass is 321 g/mol. The summed E-state index contributed by atoms with van der Waals surface area (Å²) >= 11 is 0. The number of hydrogen-bond donors (Lipinski definition) is 1. The highest BCUT2D eigenvalue weighted by molar-refractivity contribution is 5.99. The largest absolute Gasteiger partial charge is 0.464 e. The van der Waals surface area contributed by atoms with E-state index in [1.165, 1.54) is 18.7 Å². The lowest BCUT2D eigenvalue weighted by molar-refractivity contribution is 0.0596. The van der Waals surface area contributed by atoms with E-state index in [9.17, 15) is 9.18 Å². The average molecular weight is 321 g/mol. The van der Waals surface area contributed by atoms with Gasteiger partial charge >= 0.3 is 5.97 Å². The number of fused-ring (bicyclic) bond motifs is 3. The zero-order chi connectivity index (χ0) is 16.7. The first kappa shape index (κ1) is 14.7. The lowest BCUT2D eigenvalue weighted by atomic mass is 9.86. The minimum atomic E-state index is -0.486. The maximum Gasteiger partial charge on any atom is 0.355 e. The van der Waals surface area contributed by atoms with Crippen LogP contribution in [0.15, 0.2) is 48.5 Å². The highest BCUT2D eigenvalue weighted by Crippen LogP contribution is 2.41. The third kappa shape index (κ3) is 2.14. The summed E-state index contributed by atoms with van der Waals surface area (Å²) in [4.78, 5) is 15.5. The number of hydrogen-bond acceptors (Lipinski definition) is 2. The fourth-order valence-corrected chi connectivity index (χ4v) is 3.48. The fraction of sp³-hybridized carbons (Fsp3) is 0.150. The van der Waals surface area contributed by atoms with E-state index in [1.807, 2.05) is 18.2 Å². The van der Waals surface area contributed by atoms with Crippen LogP contribution in [0.3, 0.4) is 0 Å². The molecule has 120 valence electrons. The molecule has 3 aromatic rings. The molecule has 1 aliphatic rings. The van der Waals surface area contributed by atoms with Crippen molar-refractivity contribution in [2.24, 2.45) is 0 Å². The van der Waals surface area contributed by atoms with Crippen molar-refractivity contribution in [2.45, 2.75) is 12.8 Å². The SMILES string of the molecule is COC(=O)c1[nH]c2c(c1-c1ccccc1F)CCc1ccccc1-2. The Balaban J connectivity index is 2.02. The first-order chi connectivity index (χ1) is 11.7. The lowest BCUT2D eigenvalue weighted by Gasteiger charge is -2.17. The van der Waals surface area contributed by atoms with E-state index in [0.717, 1.165) is 29.7 Å². The molecule has 1 heterocycles. The standard InChI is InChI=1S/C20H16FNO2/c1-24-20(23)19-17(14-8-4-5-9-16(14)21)15-11-10-12-6-2-3-7-13(12)18(15)22-19/h2-9,22H,10-11H2,1H3. The molecule has 0 saturated carbocycles. The average Bonchev–Trinajstić information content (AvgIpc) is 3.01. The predicted molar refractivity (Wildman–Crippen MR) is 90.4 cm³/mol. The molecule has 3 nitrogen and oxygen atoms in total. The number of aromatic amines is 1. The van der Waals surface area contributed by atoms with E-state index in [-0.39, 0.29) is 5.82 Å². The van der Waals surface area contributed by atoms with Crippen LogP contribution in [0.25, 0.3) is 22.4 Å². The molecule has 0 saturated heterocycles. The summed E-state index contributed by atoms with van der Waals surface area (Å²) < 4.78 is 19.3. The smallest absolute Gasteiger partial charge is 0.355 e. The zero-order valence-corrected chi connectivity index (χ0v) is 13.2. The number of H-pyrrole nitrogens is 1. The van der Waals surface area contributed by atoms with Crippen molar-refractivity contribution in [1.82, 2.24) is 4.98 Å². The van der Waals surface area contributed by atoms with E-state index in [4.69, 9.17) is 4.74 Å². The van der Waals surface area contributed by atoms with Gasteiger partial charge < -0.3 is 9.72 Å². The van der Waals surface area contributed by atoms with E-state index < -0.39 is 5.97 Å². The maximum absolute atomic E-state index is 14.4.